The molecule has 1 N–H and O–H groups in total. The fourth-order valence-electron chi connectivity index (χ4n) is 3.30. The number of nitrogens with one attached hydrogen (secondary N) is 1. The Morgan fingerprint density at radius 1 is 1.32 bits per heavy atom. The van der Waals surface area contributed by atoms with Gasteiger partial charge < -0.3 is 14.8 Å². The van der Waals surface area contributed by atoms with Gasteiger partial charge in [0.05, 0.1) is 0 Å². The largest absolute Gasteiger partial charge is 0.381 e. The molecular weight excluding hydrogens is 346 g/mol. The first kappa shape index (κ1) is 16.0. The van der Waals surface area contributed by atoms with Gasteiger partial charge in [-0.25, -0.2) is 0 Å². The third kappa shape index (κ3) is 3.53. The van der Waals surface area contributed by atoms with Crippen molar-refractivity contribution in [1.82, 2.24) is 5.32 Å². The van der Waals surface area contributed by atoms with Crippen LogP contribution in [0.25, 0.3) is 0 Å². The SMILES string of the molecule is O=C(NCC1(c2cccc(Br)c2)CCOCC1)[C@H]1CCCO1. The third-order valence-corrected chi connectivity index (χ3v) is 5.20. The van der Waals surface area contributed by atoms with E-state index in [1.54, 1.807) is 0 Å². The van der Waals surface area contributed by atoms with Crippen molar-refractivity contribution in [2.24, 2.45) is 0 Å². The Morgan fingerprint density at radius 2 is 2.14 bits per heavy atom. The van der Waals surface area contributed by atoms with Gasteiger partial charge >= 0.3 is 0 Å². The molecule has 1 aromatic carbocycles. The molecule has 5 heteroatoms. The van der Waals surface area contributed by atoms with Gasteiger partial charge in [0.1, 0.15) is 6.10 Å². The summed E-state index contributed by atoms with van der Waals surface area (Å²) in [6, 6.07) is 8.39. The van der Waals surface area contributed by atoms with Crippen LogP contribution in [0, 0.1) is 0 Å². The fraction of sp³-hybridized carbons (Fsp3) is 0.588. The Hall–Kier alpha value is -0.910. The number of ether oxygens (including phenoxy) is 2. The van der Waals surface area contributed by atoms with Gasteiger partial charge in [-0.2, -0.15) is 0 Å². The molecule has 2 aliphatic heterocycles. The van der Waals surface area contributed by atoms with E-state index in [4.69, 9.17) is 9.47 Å². The van der Waals surface area contributed by atoms with E-state index in [1.807, 2.05) is 6.07 Å². The normalized spacial score (nSPS) is 24.1. The summed E-state index contributed by atoms with van der Waals surface area (Å²) in [6.07, 6.45) is 3.39. The molecule has 0 radical (unpaired) electrons. The molecule has 1 aromatic rings. The lowest BCUT2D eigenvalue weighted by Crippen LogP contribution is -2.47. The van der Waals surface area contributed by atoms with E-state index in [0.29, 0.717) is 13.2 Å². The molecule has 0 unspecified atom stereocenters. The van der Waals surface area contributed by atoms with Crippen molar-refractivity contribution in [1.29, 1.82) is 0 Å². The predicted octanol–water partition coefficient (Wildman–Crippen LogP) is 2.79. The van der Waals surface area contributed by atoms with Crippen molar-refractivity contribution in [2.75, 3.05) is 26.4 Å². The summed E-state index contributed by atoms with van der Waals surface area (Å²) in [4.78, 5) is 12.3. The number of hydrogen-bond acceptors (Lipinski definition) is 3. The van der Waals surface area contributed by atoms with Gasteiger partial charge in [0.25, 0.3) is 0 Å². The standard InChI is InChI=1S/C17H22BrNO3/c18-14-4-1-3-13(11-14)17(6-9-21-10-7-17)12-19-16(20)15-5-2-8-22-15/h1,3-4,11,15H,2,5-10,12H2,(H,19,20)/t15-/m1/s1. The zero-order valence-corrected chi connectivity index (χ0v) is 14.2. The summed E-state index contributed by atoms with van der Waals surface area (Å²) < 4.78 is 12.1. The van der Waals surface area contributed by atoms with Gasteiger partial charge in [0.15, 0.2) is 0 Å². The van der Waals surface area contributed by atoms with Gasteiger partial charge in [-0.3, -0.25) is 4.79 Å². The first-order valence-corrected chi connectivity index (χ1v) is 8.72. The first-order chi connectivity index (χ1) is 10.7. The Bertz CT molecular complexity index is 522. The zero-order chi connectivity index (χ0) is 15.4. The van der Waals surface area contributed by atoms with Crippen LogP contribution in [0.5, 0.6) is 0 Å². The monoisotopic (exact) mass is 367 g/mol. The minimum atomic E-state index is -0.264. The minimum absolute atomic E-state index is 0.0263. The molecule has 0 saturated carbocycles. The van der Waals surface area contributed by atoms with E-state index in [2.05, 4.69) is 39.4 Å². The van der Waals surface area contributed by atoms with Crippen molar-refractivity contribution < 1.29 is 14.3 Å². The van der Waals surface area contributed by atoms with Crippen molar-refractivity contribution >= 4 is 21.8 Å². The highest BCUT2D eigenvalue weighted by Crippen LogP contribution is 2.35. The molecular formula is C17H22BrNO3. The first-order valence-electron chi connectivity index (χ1n) is 7.93. The minimum Gasteiger partial charge on any atom is -0.381 e. The molecule has 2 heterocycles. The second-order valence-electron chi connectivity index (χ2n) is 6.12. The maximum atomic E-state index is 12.3. The van der Waals surface area contributed by atoms with E-state index >= 15 is 0 Å². The van der Waals surface area contributed by atoms with Crippen molar-refractivity contribution in [3.05, 3.63) is 34.3 Å². The molecule has 0 aliphatic carbocycles. The van der Waals surface area contributed by atoms with E-state index in [0.717, 1.165) is 43.4 Å². The van der Waals surface area contributed by atoms with Crippen LogP contribution in [-0.2, 0) is 19.7 Å². The van der Waals surface area contributed by atoms with E-state index in [1.165, 1.54) is 5.56 Å². The molecule has 1 atom stereocenters. The lowest BCUT2D eigenvalue weighted by Gasteiger charge is -2.38. The van der Waals surface area contributed by atoms with E-state index in [9.17, 15) is 4.79 Å². The summed E-state index contributed by atoms with van der Waals surface area (Å²) in [6.45, 7) is 2.82. The van der Waals surface area contributed by atoms with Gasteiger partial charge in [0.2, 0.25) is 5.91 Å². The molecule has 4 nitrogen and oxygen atoms in total. The summed E-state index contributed by atoms with van der Waals surface area (Å²) >= 11 is 3.55. The van der Waals surface area contributed by atoms with E-state index < -0.39 is 0 Å². The van der Waals surface area contributed by atoms with Crippen LogP contribution in [0.4, 0.5) is 0 Å². The second-order valence-corrected chi connectivity index (χ2v) is 7.04. The summed E-state index contributed by atoms with van der Waals surface area (Å²) in [5.74, 6) is 0.0263. The molecule has 0 spiro atoms. The lowest BCUT2D eigenvalue weighted by atomic mass is 9.74. The summed E-state index contributed by atoms with van der Waals surface area (Å²) in [5.41, 5.74) is 1.22. The van der Waals surface area contributed by atoms with Crippen molar-refractivity contribution in [3.8, 4) is 0 Å². The van der Waals surface area contributed by atoms with Crippen LogP contribution in [-0.4, -0.2) is 38.4 Å². The number of carbonyl (C=O) groups excluding carboxylic acids is 1. The predicted molar refractivity (Wildman–Crippen MR) is 87.9 cm³/mol. The smallest absolute Gasteiger partial charge is 0.249 e. The maximum Gasteiger partial charge on any atom is 0.249 e. The second kappa shape index (κ2) is 7.11. The highest BCUT2D eigenvalue weighted by molar-refractivity contribution is 9.10. The number of amides is 1. The molecule has 22 heavy (non-hydrogen) atoms. The highest BCUT2D eigenvalue weighted by Gasteiger charge is 2.36. The van der Waals surface area contributed by atoms with Gasteiger partial charge in [-0.1, -0.05) is 28.1 Å². The number of carbonyl (C=O) groups is 1. The van der Waals surface area contributed by atoms with Crippen LogP contribution in [0.3, 0.4) is 0 Å². The fourth-order valence-corrected chi connectivity index (χ4v) is 3.70. The summed E-state index contributed by atoms with van der Waals surface area (Å²) in [7, 11) is 0. The number of rotatable bonds is 4. The molecule has 3 rings (SSSR count). The topological polar surface area (TPSA) is 47.6 Å². The molecule has 2 aliphatic rings. The maximum absolute atomic E-state index is 12.3. The Balaban J connectivity index is 1.73. The Labute approximate surface area is 139 Å². The van der Waals surface area contributed by atoms with Crippen LogP contribution < -0.4 is 5.32 Å². The average Bonchev–Trinajstić information content (AvgIpc) is 3.08. The highest BCUT2D eigenvalue weighted by atomic mass is 79.9. The number of benzene rings is 1. The quantitative estimate of drug-likeness (QED) is 0.889. The Morgan fingerprint density at radius 3 is 2.82 bits per heavy atom. The van der Waals surface area contributed by atoms with Crippen LogP contribution >= 0.6 is 15.9 Å². The van der Waals surface area contributed by atoms with Gasteiger partial charge in [-0.05, 0) is 43.4 Å². The Kier molecular flexibility index (Phi) is 5.16. The van der Waals surface area contributed by atoms with Crippen molar-refractivity contribution in [2.45, 2.75) is 37.2 Å². The molecule has 120 valence electrons. The van der Waals surface area contributed by atoms with Gasteiger partial charge in [0, 0.05) is 36.3 Å². The number of hydrogen-bond donors (Lipinski definition) is 1. The molecule has 1 amide bonds. The summed E-state index contributed by atoms with van der Waals surface area (Å²) in [5, 5.41) is 3.12. The zero-order valence-electron chi connectivity index (χ0n) is 12.6. The molecule has 0 aromatic heterocycles. The average molecular weight is 368 g/mol. The van der Waals surface area contributed by atoms with Crippen LogP contribution in [0.15, 0.2) is 28.7 Å². The third-order valence-electron chi connectivity index (χ3n) is 4.71. The van der Waals surface area contributed by atoms with Crippen LogP contribution in [0.2, 0.25) is 0 Å². The van der Waals surface area contributed by atoms with Crippen molar-refractivity contribution in [3.63, 3.8) is 0 Å². The van der Waals surface area contributed by atoms with E-state index in [-0.39, 0.29) is 17.4 Å². The van der Waals surface area contributed by atoms with Crippen LogP contribution in [0.1, 0.15) is 31.2 Å². The molecule has 2 saturated heterocycles. The van der Waals surface area contributed by atoms with Gasteiger partial charge in [-0.15, -0.1) is 0 Å². The molecule has 0 bridgehead atoms. The molecule has 2 fully saturated rings. The lowest BCUT2D eigenvalue weighted by molar-refractivity contribution is -0.130. The number of halogens is 1.